The molecule has 0 heterocycles. The van der Waals surface area contributed by atoms with Crippen molar-refractivity contribution in [3.63, 3.8) is 0 Å². The molecule has 0 aromatic rings. The fraction of sp³-hybridized carbons (Fsp3) is 0.864. The number of rotatable bonds is 20. The molecule has 0 aliphatic rings. The topological polar surface area (TPSA) is 58.6 Å². The summed E-state index contributed by atoms with van der Waals surface area (Å²) in [5.74, 6) is 0.112. The number of carbonyl (C=O) groups excluding carboxylic acids is 1. The van der Waals surface area contributed by atoms with Crippen LogP contribution in [0.3, 0.4) is 0 Å². The van der Waals surface area contributed by atoms with Gasteiger partial charge in [0.15, 0.2) is 0 Å². The Balaban J connectivity index is 3.12. The highest BCUT2D eigenvalue weighted by atomic mass is 16.5. The highest BCUT2D eigenvalue weighted by Gasteiger charge is 2.00. The third-order valence-electron chi connectivity index (χ3n) is 4.56. The summed E-state index contributed by atoms with van der Waals surface area (Å²) in [7, 11) is 0. The molecule has 0 fully saturated rings. The number of allylic oxidation sites excluding steroid dienone is 1. The van der Waals surface area contributed by atoms with Crippen LogP contribution in [0.15, 0.2) is 12.2 Å². The van der Waals surface area contributed by atoms with Gasteiger partial charge in [-0.15, -0.1) is 6.58 Å². The van der Waals surface area contributed by atoms with E-state index in [-0.39, 0.29) is 12.5 Å². The molecule has 0 unspecified atom stereocenters. The van der Waals surface area contributed by atoms with Crippen LogP contribution in [0.2, 0.25) is 0 Å². The number of hydrogen-bond acceptors (Lipinski definition) is 3. The maximum absolute atomic E-state index is 11.6. The maximum Gasteiger partial charge on any atom is 0.220 e. The molecule has 0 aliphatic carbocycles. The summed E-state index contributed by atoms with van der Waals surface area (Å²) in [6, 6.07) is 0. The van der Waals surface area contributed by atoms with Gasteiger partial charge in [-0.1, -0.05) is 69.8 Å². The Morgan fingerprint density at radius 2 is 1.27 bits per heavy atom. The minimum atomic E-state index is 0.0315. The first-order chi connectivity index (χ1) is 12.7. The third-order valence-corrected chi connectivity index (χ3v) is 4.56. The summed E-state index contributed by atoms with van der Waals surface area (Å²) >= 11 is 0. The van der Waals surface area contributed by atoms with Crippen molar-refractivity contribution >= 4 is 5.91 Å². The van der Waals surface area contributed by atoms with Crippen LogP contribution < -0.4 is 5.32 Å². The normalized spacial score (nSPS) is 10.8. The summed E-state index contributed by atoms with van der Waals surface area (Å²) in [6.07, 6.45) is 17.4. The van der Waals surface area contributed by atoms with Crippen molar-refractivity contribution in [1.29, 1.82) is 0 Å². The molecule has 0 aliphatic heterocycles. The predicted octanol–water partition coefficient (Wildman–Crippen LogP) is 5.15. The fourth-order valence-corrected chi connectivity index (χ4v) is 3.00. The molecule has 2 N–H and O–H groups in total. The average Bonchev–Trinajstić information content (AvgIpc) is 2.61. The smallest absolute Gasteiger partial charge is 0.220 e. The van der Waals surface area contributed by atoms with Crippen molar-refractivity contribution < 1.29 is 14.6 Å². The van der Waals surface area contributed by atoms with Crippen LogP contribution in [-0.2, 0) is 9.53 Å². The Morgan fingerprint density at radius 3 is 1.73 bits per heavy atom. The van der Waals surface area contributed by atoms with Gasteiger partial charge < -0.3 is 15.2 Å². The van der Waals surface area contributed by atoms with Gasteiger partial charge in [-0.05, 0) is 26.2 Å². The van der Waals surface area contributed by atoms with E-state index in [1.807, 2.05) is 0 Å². The maximum atomic E-state index is 11.6. The molecule has 1 amide bonds. The molecule has 0 aromatic heterocycles. The number of ether oxygens (including phenoxy) is 1. The lowest BCUT2D eigenvalue weighted by atomic mass is 10.0. The van der Waals surface area contributed by atoms with Crippen molar-refractivity contribution in [2.45, 2.75) is 96.8 Å². The zero-order valence-corrected chi connectivity index (χ0v) is 17.2. The number of hydrogen-bond donors (Lipinski definition) is 2. The average molecular weight is 370 g/mol. The SMILES string of the molecule is C=C(C)CCCCCCCCCCCCCCC(=O)NCCOCCO. The Kier molecular flexibility index (Phi) is 19.8. The number of unbranched alkanes of at least 4 members (excludes halogenated alkanes) is 11. The van der Waals surface area contributed by atoms with E-state index in [0.29, 0.717) is 26.2 Å². The van der Waals surface area contributed by atoms with E-state index in [0.717, 1.165) is 12.8 Å². The molecule has 0 radical (unpaired) electrons. The molecular formula is C22H43NO3. The van der Waals surface area contributed by atoms with Crippen LogP contribution in [0.4, 0.5) is 0 Å². The van der Waals surface area contributed by atoms with E-state index in [9.17, 15) is 4.79 Å². The summed E-state index contributed by atoms with van der Waals surface area (Å²) in [5.41, 5.74) is 1.31. The van der Waals surface area contributed by atoms with E-state index in [1.54, 1.807) is 0 Å². The molecule has 0 spiro atoms. The molecule has 0 aromatic carbocycles. The van der Waals surface area contributed by atoms with Gasteiger partial charge in [0, 0.05) is 13.0 Å². The first kappa shape index (κ1) is 25.1. The Bertz CT molecular complexity index is 331. The van der Waals surface area contributed by atoms with Crippen LogP contribution in [-0.4, -0.2) is 37.4 Å². The highest BCUT2D eigenvalue weighted by Crippen LogP contribution is 2.13. The van der Waals surface area contributed by atoms with Crippen LogP contribution >= 0.6 is 0 Å². The standard InChI is InChI=1S/C22H43NO3/c1-21(2)15-13-11-9-7-5-3-4-6-8-10-12-14-16-22(25)23-17-19-26-20-18-24/h24H,1,3-20H2,2H3,(H,23,25). The number of amides is 1. The minimum absolute atomic E-state index is 0.0315. The summed E-state index contributed by atoms with van der Waals surface area (Å²) in [4.78, 5) is 11.6. The van der Waals surface area contributed by atoms with Crippen molar-refractivity contribution in [2.75, 3.05) is 26.4 Å². The summed E-state index contributed by atoms with van der Waals surface area (Å²) < 4.78 is 5.10. The second-order valence-electron chi connectivity index (χ2n) is 7.39. The van der Waals surface area contributed by atoms with Crippen LogP contribution in [0.25, 0.3) is 0 Å². The van der Waals surface area contributed by atoms with E-state index < -0.39 is 0 Å². The Morgan fingerprint density at radius 1 is 0.808 bits per heavy atom. The lowest BCUT2D eigenvalue weighted by molar-refractivity contribution is -0.121. The molecule has 0 rings (SSSR count). The lowest BCUT2D eigenvalue weighted by Gasteiger charge is -2.06. The molecule has 0 saturated carbocycles. The van der Waals surface area contributed by atoms with E-state index in [2.05, 4.69) is 18.8 Å². The summed E-state index contributed by atoms with van der Waals surface area (Å²) in [5, 5.41) is 11.4. The van der Waals surface area contributed by atoms with E-state index in [4.69, 9.17) is 9.84 Å². The van der Waals surface area contributed by atoms with Gasteiger partial charge in [-0.3, -0.25) is 4.79 Å². The second kappa shape index (κ2) is 20.4. The zero-order valence-electron chi connectivity index (χ0n) is 17.2. The van der Waals surface area contributed by atoms with Gasteiger partial charge >= 0.3 is 0 Å². The monoisotopic (exact) mass is 369 g/mol. The van der Waals surface area contributed by atoms with E-state index in [1.165, 1.54) is 76.2 Å². The first-order valence-electron chi connectivity index (χ1n) is 10.8. The van der Waals surface area contributed by atoms with Gasteiger partial charge in [-0.2, -0.15) is 0 Å². The zero-order chi connectivity index (χ0) is 19.3. The van der Waals surface area contributed by atoms with Crippen molar-refractivity contribution in [1.82, 2.24) is 5.32 Å². The minimum Gasteiger partial charge on any atom is -0.394 e. The van der Waals surface area contributed by atoms with Crippen molar-refractivity contribution in [2.24, 2.45) is 0 Å². The number of aliphatic hydroxyl groups is 1. The Hall–Kier alpha value is -0.870. The molecule has 0 bridgehead atoms. The molecule has 154 valence electrons. The summed E-state index contributed by atoms with van der Waals surface area (Å²) in [6.45, 7) is 7.44. The van der Waals surface area contributed by atoms with Gasteiger partial charge in [0.2, 0.25) is 5.91 Å². The lowest BCUT2D eigenvalue weighted by Crippen LogP contribution is -2.27. The molecule has 4 nitrogen and oxygen atoms in total. The molecule has 0 atom stereocenters. The van der Waals surface area contributed by atoms with Gasteiger partial charge in [0.25, 0.3) is 0 Å². The quantitative estimate of drug-likeness (QED) is 0.230. The predicted molar refractivity (Wildman–Crippen MR) is 110 cm³/mol. The van der Waals surface area contributed by atoms with Crippen molar-refractivity contribution in [3.05, 3.63) is 12.2 Å². The third kappa shape index (κ3) is 21.2. The molecule has 0 saturated heterocycles. The van der Waals surface area contributed by atoms with Gasteiger partial charge in [0.1, 0.15) is 0 Å². The first-order valence-corrected chi connectivity index (χ1v) is 10.8. The van der Waals surface area contributed by atoms with Gasteiger partial charge in [0.05, 0.1) is 19.8 Å². The van der Waals surface area contributed by atoms with Crippen LogP contribution in [0.1, 0.15) is 96.8 Å². The van der Waals surface area contributed by atoms with Crippen molar-refractivity contribution in [3.8, 4) is 0 Å². The van der Waals surface area contributed by atoms with E-state index >= 15 is 0 Å². The number of nitrogens with one attached hydrogen (secondary N) is 1. The number of aliphatic hydroxyl groups excluding tert-OH is 1. The van der Waals surface area contributed by atoms with Gasteiger partial charge in [-0.25, -0.2) is 0 Å². The largest absolute Gasteiger partial charge is 0.394 e. The number of carbonyl (C=O) groups is 1. The van der Waals surface area contributed by atoms with Crippen LogP contribution in [0.5, 0.6) is 0 Å². The molecular weight excluding hydrogens is 326 g/mol. The molecule has 26 heavy (non-hydrogen) atoms. The fourth-order valence-electron chi connectivity index (χ4n) is 3.00. The second-order valence-corrected chi connectivity index (χ2v) is 7.39. The molecule has 4 heteroatoms. The highest BCUT2D eigenvalue weighted by molar-refractivity contribution is 5.75. The Labute approximate surface area is 161 Å². The van der Waals surface area contributed by atoms with Crippen LogP contribution in [0, 0.1) is 0 Å².